The Balaban J connectivity index is 1.57. The van der Waals surface area contributed by atoms with Gasteiger partial charge in [-0.2, -0.15) is 5.10 Å². The van der Waals surface area contributed by atoms with Crippen molar-refractivity contribution in [2.75, 3.05) is 26.3 Å². The molecule has 6 nitrogen and oxygen atoms in total. The third-order valence-corrected chi connectivity index (χ3v) is 4.87. The Hall–Kier alpha value is -2.18. The zero-order chi connectivity index (χ0) is 18.4. The van der Waals surface area contributed by atoms with Crippen molar-refractivity contribution < 1.29 is 14.6 Å². The van der Waals surface area contributed by atoms with E-state index in [-0.39, 0.29) is 12.5 Å². The summed E-state index contributed by atoms with van der Waals surface area (Å²) in [5.74, 6) is 0.113. The van der Waals surface area contributed by atoms with Crippen LogP contribution in [-0.4, -0.2) is 57.6 Å². The van der Waals surface area contributed by atoms with Crippen molar-refractivity contribution in [2.45, 2.75) is 38.3 Å². The monoisotopic (exact) mass is 357 g/mol. The Morgan fingerprint density at radius 1 is 1.35 bits per heavy atom. The van der Waals surface area contributed by atoms with Crippen molar-refractivity contribution in [3.63, 3.8) is 0 Å². The molecule has 1 aromatic heterocycles. The van der Waals surface area contributed by atoms with Crippen LogP contribution < -0.4 is 0 Å². The van der Waals surface area contributed by atoms with Crippen LogP contribution in [0.4, 0.5) is 0 Å². The van der Waals surface area contributed by atoms with Gasteiger partial charge in [0.1, 0.15) is 5.60 Å². The summed E-state index contributed by atoms with van der Waals surface area (Å²) < 4.78 is 7.77. The molecule has 3 rings (SSSR count). The molecule has 1 aliphatic heterocycles. The van der Waals surface area contributed by atoms with Crippen molar-refractivity contribution in [3.05, 3.63) is 53.9 Å². The normalized spacial score (nSPS) is 20.3. The summed E-state index contributed by atoms with van der Waals surface area (Å²) in [6.07, 6.45) is 5.47. The molecule has 140 valence electrons. The molecule has 1 aromatic carbocycles. The van der Waals surface area contributed by atoms with Crippen LogP contribution in [0.3, 0.4) is 0 Å². The lowest BCUT2D eigenvalue weighted by Crippen LogP contribution is -2.56. The number of morpholine rings is 1. The summed E-state index contributed by atoms with van der Waals surface area (Å²) in [4.78, 5) is 14.4. The minimum absolute atomic E-state index is 0.0993. The van der Waals surface area contributed by atoms with Crippen molar-refractivity contribution in [3.8, 4) is 0 Å². The molecule has 2 heterocycles. The van der Waals surface area contributed by atoms with Gasteiger partial charge < -0.3 is 14.7 Å². The van der Waals surface area contributed by atoms with Crippen molar-refractivity contribution >= 4 is 5.91 Å². The molecule has 1 N–H and O–H groups in total. The molecule has 1 aliphatic rings. The SMILES string of the molecule is Cc1ccc(C[C@@]2(CO)CN(C(=O)CCCn3cccn3)CCO2)cc1. The van der Waals surface area contributed by atoms with Gasteiger partial charge in [0.05, 0.1) is 19.8 Å². The van der Waals surface area contributed by atoms with E-state index in [1.54, 1.807) is 6.20 Å². The third kappa shape index (κ3) is 4.71. The maximum Gasteiger partial charge on any atom is 0.222 e. The molecular formula is C20H27N3O3. The molecule has 0 saturated carbocycles. The minimum atomic E-state index is -0.717. The molecule has 1 amide bonds. The van der Waals surface area contributed by atoms with E-state index in [1.807, 2.05) is 28.8 Å². The van der Waals surface area contributed by atoms with E-state index in [0.717, 1.165) is 18.5 Å². The highest BCUT2D eigenvalue weighted by molar-refractivity contribution is 5.76. The average molecular weight is 357 g/mol. The number of hydrogen-bond acceptors (Lipinski definition) is 4. The fourth-order valence-corrected chi connectivity index (χ4v) is 3.38. The lowest BCUT2D eigenvalue weighted by atomic mass is 9.92. The van der Waals surface area contributed by atoms with Gasteiger partial charge in [0.15, 0.2) is 0 Å². The highest BCUT2D eigenvalue weighted by Gasteiger charge is 2.37. The molecule has 1 saturated heterocycles. The van der Waals surface area contributed by atoms with E-state index in [1.165, 1.54) is 5.56 Å². The molecular weight excluding hydrogens is 330 g/mol. The Kier molecular flexibility index (Phi) is 6.06. The molecule has 0 radical (unpaired) electrons. The van der Waals surface area contributed by atoms with Gasteiger partial charge in [0, 0.05) is 38.3 Å². The maximum atomic E-state index is 12.6. The lowest BCUT2D eigenvalue weighted by Gasteiger charge is -2.42. The average Bonchev–Trinajstić information content (AvgIpc) is 3.17. The van der Waals surface area contributed by atoms with Crippen LogP contribution in [0.2, 0.25) is 0 Å². The summed E-state index contributed by atoms with van der Waals surface area (Å²) in [7, 11) is 0. The Morgan fingerprint density at radius 2 is 2.15 bits per heavy atom. The van der Waals surface area contributed by atoms with Gasteiger partial charge in [-0.15, -0.1) is 0 Å². The van der Waals surface area contributed by atoms with Crippen LogP contribution in [-0.2, 0) is 22.5 Å². The smallest absolute Gasteiger partial charge is 0.222 e. The number of rotatable bonds is 7. The number of aryl methyl sites for hydroxylation is 2. The zero-order valence-electron chi connectivity index (χ0n) is 15.3. The first kappa shape index (κ1) is 18.6. The van der Waals surface area contributed by atoms with Gasteiger partial charge in [-0.05, 0) is 25.0 Å². The first-order valence-electron chi connectivity index (χ1n) is 9.16. The maximum absolute atomic E-state index is 12.6. The standard InChI is InChI=1S/C20H27N3O3/c1-17-5-7-18(8-6-17)14-20(16-24)15-22(12-13-26-20)19(25)4-2-10-23-11-3-9-21-23/h3,5-9,11,24H,2,4,10,12-16H2,1H3/t20-/m0/s1. The summed E-state index contributed by atoms with van der Waals surface area (Å²) in [6.45, 7) is 4.15. The second-order valence-corrected chi connectivity index (χ2v) is 7.04. The fourth-order valence-electron chi connectivity index (χ4n) is 3.38. The van der Waals surface area contributed by atoms with Gasteiger partial charge in [0.2, 0.25) is 5.91 Å². The number of aliphatic hydroxyl groups is 1. The fraction of sp³-hybridized carbons (Fsp3) is 0.500. The molecule has 6 heteroatoms. The van der Waals surface area contributed by atoms with Crippen LogP contribution in [0, 0.1) is 6.92 Å². The Labute approximate surface area is 154 Å². The van der Waals surface area contributed by atoms with E-state index in [9.17, 15) is 9.90 Å². The number of aromatic nitrogens is 2. The van der Waals surface area contributed by atoms with E-state index in [0.29, 0.717) is 32.5 Å². The van der Waals surface area contributed by atoms with Crippen LogP contribution in [0.25, 0.3) is 0 Å². The second kappa shape index (κ2) is 8.47. The molecule has 26 heavy (non-hydrogen) atoms. The number of amides is 1. The lowest BCUT2D eigenvalue weighted by molar-refractivity contribution is -0.158. The summed E-state index contributed by atoms with van der Waals surface area (Å²) >= 11 is 0. The Morgan fingerprint density at radius 3 is 2.85 bits per heavy atom. The van der Waals surface area contributed by atoms with Crippen LogP contribution in [0.15, 0.2) is 42.7 Å². The summed E-state index contributed by atoms with van der Waals surface area (Å²) in [5, 5.41) is 14.1. The molecule has 0 bridgehead atoms. The van der Waals surface area contributed by atoms with Crippen molar-refractivity contribution in [1.29, 1.82) is 0 Å². The second-order valence-electron chi connectivity index (χ2n) is 7.04. The summed E-state index contributed by atoms with van der Waals surface area (Å²) in [5.41, 5.74) is 1.59. The highest BCUT2D eigenvalue weighted by Crippen LogP contribution is 2.24. The number of nitrogens with zero attached hydrogens (tertiary/aromatic N) is 3. The van der Waals surface area contributed by atoms with E-state index in [4.69, 9.17) is 4.74 Å². The molecule has 0 unspecified atom stereocenters. The molecule has 0 aliphatic carbocycles. The predicted octanol–water partition coefficient (Wildman–Crippen LogP) is 1.80. The van der Waals surface area contributed by atoms with E-state index >= 15 is 0 Å². The van der Waals surface area contributed by atoms with Gasteiger partial charge in [0.25, 0.3) is 0 Å². The molecule has 1 fully saturated rings. The number of carbonyl (C=O) groups is 1. The van der Waals surface area contributed by atoms with Crippen LogP contribution in [0.5, 0.6) is 0 Å². The Bertz CT molecular complexity index is 700. The quantitative estimate of drug-likeness (QED) is 0.821. The van der Waals surface area contributed by atoms with Gasteiger partial charge in [-0.1, -0.05) is 29.8 Å². The van der Waals surface area contributed by atoms with Gasteiger partial charge >= 0.3 is 0 Å². The first-order chi connectivity index (χ1) is 12.6. The van der Waals surface area contributed by atoms with Crippen LogP contribution >= 0.6 is 0 Å². The predicted molar refractivity (Wildman–Crippen MR) is 98.7 cm³/mol. The number of hydrogen-bond donors (Lipinski definition) is 1. The number of aliphatic hydroxyl groups excluding tert-OH is 1. The minimum Gasteiger partial charge on any atom is -0.393 e. The topological polar surface area (TPSA) is 67.6 Å². The number of ether oxygens (including phenoxy) is 1. The van der Waals surface area contributed by atoms with Gasteiger partial charge in [-0.3, -0.25) is 9.48 Å². The van der Waals surface area contributed by atoms with Crippen LogP contribution in [0.1, 0.15) is 24.0 Å². The first-order valence-corrected chi connectivity index (χ1v) is 9.16. The van der Waals surface area contributed by atoms with Crippen molar-refractivity contribution in [1.82, 2.24) is 14.7 Å². The highest BCUT2D eigenvalue weighted by atomic mass is 16.5. The molecule has 0 spiro atoms. The third-order valence-electron chi connectivity index (χ3n) is 4.87. The molecule has 1 atom stereocenters. The van der Waals surface area contributed by atoms with E-state index in [2.05, 4.69) is 29.4 Å². The number of benzene rings is 1. The summed E-state index contributed by atoms with van der Waals surface area (Å²) in [6, 6.07) is 10.1. The zero-order valence-corrected chi connectivity index (χ0v) is 15.3. The van der Waals surface area contributed by atoms with E-state index < -0.39 is 5.60 Å². The van der Waals surface area contributed by atoms with Crippen molar-refractivity contribution in [2.24, 2.45) is 0 Å². The number of carbonyl (C=O) groups excluding carboxylic acids is 1. The van der Waals surface area contributed by atoms with Gasteiger partial charge in [-0.25, -0.2) is 0 Å². The largest absolute Gasteiger partial charge is 0.393 e. The molecule has 2 aromatic rings.